The van der Waals surface area contributed by atoms with Gasteiger partial charge in [0.05, 0.1) is 16.6 Å². The molecule has 3 heterocycles. The second-order valence-corrected chi connectivity index (χ2v) is 8.58. The van der Waals surface area contributed by atoms with Crippen LogP contribution in [0.3, 0.4) is 0 Å². The predicted octanol–water partition coefficient (Wildman–Crippen LogP) is 5.82. The molecule has 1 fully saturated rings. The average molecular weight is 421 g/mol. The van der Waals surface area contributed by atoms with Gasteiger partial charge in [-0.2, -0.15) is 5.10 Å². The fraction of sp³-hybridized carbons (Fsp3) is 0.375. The van der Waals surface area contributed by atoms with E-state index in [0.29, 0.717) is 10.4 Å². The Morgan fingerprint density at radius 3 is 2.50 bits per heavy atom. The van der Waals surface area contributed by atoms with Crippen LogP contribution in [0.25, 0.3) is 27.7 Å². The van der Waals surface area contributed by atoms with Crippen molar-refractivity contribution in [1.29, 1.82) is 0 Å². The Bertz CT molecular complexity index is 1260. The molecule has 1 aliphatic carbocycles. The molecule has 3 aromatic heterocycles. The van der Waals surface area contributed by atoms with Crippen molar-refractivity contribution >= 4 is 28.2 Å². The van der Waals surface area contributed by atoms with Gasteiger partial charge in [0.25, 0.3) is 5.56 Å². The van der Waals surface area contributed by atoms with E-state index in [0.717, 1.165) is 47.2 Å². The van der Waals surface area contributed by atoms with Crippen LogP contribution in [0.5, 0.6) is 0 Å². The molecule has 0 N–H and O–H groups in total. The molecule has 1 saturated carbocycles. The minimum Gasteiger partial charge on any atom is -0.312 e. The van der Waals surface area contributed by atoms with Gasteiger partial charge in [0.2, 0.25) is 0 Å². The van der Waals surface area contributed by atoms with Crippen molar-refractivity contribution in [1.82, 2.24) is 19.2 Å². The van der Waals surface area contributed by atoms with E-state index in [2.05, 4.69) is 6.92 Å². The van der Waals surface area contributed by atoms with Crippen molar-refractivity contribution < 1.29 is 0 Å². The number of aryl methyl sites for hydroxylation is 1. The van der Waals surface area contributed by atoms with Gasteiger partial charge in [-0.3, -0.25) is 4.79 Å². The molecule has 4 aromatic rings. The molecule has 6 heteroatoms. The van der Waals surface area contributed by atoms with E-state index in [1.54, 1.807) is 6.20 Å². The number of rotatable bonds is 3. The van der Waals surface area contributed by atoms with Crippen molar-refractivity contribution in [3.63, 3.8) is 0 Å². The Labute approximate surface area is 180 Å². The Kier molecular flexibility index (Phi) is 5.07. The average Bonchev–Trinajstić information content (AvgIpc) is 2.93. The minimum atomic E-state index is 0.0374. The van der Waals surface area contributed by atoms with E-state index in [1.807, 2.05) is 45.6 Å². The first-order valence-electron chi connectivity index (χ1n) is 10.8. The lowest BCUT2D eigenvalue weighted by atomic mass is 10.0. The van der Waals surface area contributed by atoms with Gasteiger partial charge in [-0.15, -0.1) is 0 Å². The van der Waals surface area contributed by atoms with Gasteiger partial charge in [0.15, 0.2) is 5.65 Å². The molecule has 1 aliphatic rings. The Morgan fingerprint density at radius 1 is 1.07 bits per heavy atom. The van der Waals surface area contributed by atoms with Crippen LogP contribution < -0.4 is 5.56 Å². The molecule has 0 atom stereocenters. The molecule has 0 bridgehead atoms. The Balaban J connectivity index is 1.69. The summed E-state index contributed by atoms with van der Waals surface area (Å²) < 4.78 is 3.75. The summed E-state index contributed by atoms with van der Waals surface area (Å²) in [5, 5.41) is 6.16. The number of fused-ring (bicyclic) bond motifs is 3. The van der Waals surface area contributed by atoms with Gasteiger partial charge in [-0.1, -0.05) is 56.3 Å². The highest BCUT2D eigenvalue weighted by atomic mass is 35.5. The lowest BCUT2D eigenvalue weighted by Gasteiger charge is -2.18. The Morgan fingerprint density at radius 2 is 1.80 bits per heavy atom. The summed E-state index contributed by atoms with van der Waals surface area (Å²) in [4.78, 5) is 18.0. The molecular formula is C24H25ClN4O. The van der Waals surface area contributed by atoms with E-state index < -0.39 is 0 Å². The third kappa shape index (κ3) is 3.21. The van der Waals surface area contributed by atoms with Gasteiger partial charge in [0.1, 0.15) is 0 Å². The van der Waals surface area contributed by atoms with Gasteiger partial charge < -0.3 is 4.57 Å². The minimum absolute atomic E-state index is 0.0374. The number of aromatic nitrogens is 4. The zero-order valence-electron chi connectivity index (χ0n) is 17.1. The van der Waals surface area contributed by atoms with Crippen molar-refractivity contribution in [3.8, 4) is 11.1 Å². The molecule has 0 saturated heterocycles. The van der Waals surface area contributed by atoms with Gasteiger partial charge in [-0.05, 0) is 43.0 Å². The van der Waals surface area contributed by atoms with E-state index in [4.69, 9.17) is 21.7 Å². The molecule has 154 valence electrons. The molecule has 0 spiro atoms. The summed E-state index contributed by atoms with van der Waals surface area (Å²) in [6.07, 6.45) is 11.5. The third-order valence-electron chi connectivity index (χ3n) is 6.30. The fourth-order valence-corrected chi connectivity index (χ4v) is 4.84. The zero-order valence-corrected chi connectivity index (χ0v) is 17.9. The summed E-state index contributed by atoms with van der Waals surface area (Å²) in [6.45, 7) is 2.09. The highest BCUT2D eigenvalue weighted by molar-refractivity contribution is 6.30. The van der Waals surface area contributed by atoms with E-state index in [-0.39, 0.29) is 11.6 Å². The number of hydrogen-bond donors (Lipinski definition) is 0. The normalized spacial score (nSPS) is 15.7. The van der Waals surface area contributed by atoms with Crippen molar-refractivity contribution in [2.45, 2.75) is 57.9 Å². The third-order valence-corrected chi connectivity index (χ3v) is 6.55. The van der Waals surface area contributed by atoms with Crippen molar-refractivity contribution in [3.05, 3.63) is 63.8 Å². The van der Waals surface area contributed by atoms with Gasteiger partial charge in [-0.25, -0.2) is 9.50 Å². The van der Waals surface area contributed by atoms with Crippen LogP contribution in [0.15, 0.2) is 47.5 Å². The fourth-order valence-electron chi connectivity index (χ4n) is 4.71. The van der Waals surface area contributed by atoms with Gasteiger partial charge in [0, 0.05) is 29.0 Å². The second kappa shape index (κ2) is 7.88. The number of nitrogens with zero attached hydrogens (tertiary/aromatic N) is 4. The van der Waals surface area contributed by atoms with Gasteiger partial charge >= 0.3 is 0 Å². The highest BCUT2D eigenvalue weighted by Gasteiger charge is 2.20. The van der Waals surface area contributed by atoms with E-state index in [1.165, 1.54) is 25.7 Å². The molecule has 5 nitrogen and oxygen atoms in total. The SMILES string of the molecule is CCc1nn2c(ncc3c(=O)n(C4CCCCCC4)ccc32)c1-c1ccc(Cl)cc1. The first-order valence-corrected chi connectivity index (χ1v) is 11.2. The van der Waals surface area contributed by atoms with Crippen LogP contribution in [-0.4, -0.2) is 19.2 Å². The maximum Gasteiger partial charge on any atom is 0.261 e. The number of hydrogen-bond acceptors (Lipinski definition) is 3. The molecule has 0 radical (unpaired) electrons. The van der Waals surface area contributed by atoms with Crippen molar-refractivity contribution in [2.24, 2.45) is 0 Å². The molecule has 0 unspecified atom stereocenters. The summed E-state index contributed by atoms with van der Waals surface area (Å²) in [5.41, 5.74) is 4.62. The summed E-state index contributed by atoms with van der Waals surface area (Å²) >= 11 is 6.08. The quantitative estimate of drug-likeness (QED) is 0.392. The maximum atomic E-state index is 13.3. The van der Waals surface area contributed by atoms with Crippen LogP contribution in [-0.2, 0) is 6.42 Å². The highest BCUT2D eigenvalue weighted by Crippen LogP contribution is 2.31. The first kappa shape index (κ1) is 19.3. The van der Waals surface area contributed by atoms with Crippen LogP contribution in [0.1, 0.15) is 57.2 Å². The molecule has 1 aromatic carbocycles. The lowest BCUT2D eigenvalue weighted by Crippen LogP contribution is -2.24. The van der Waals surface area contributed by atoms with E-state index in [9.17, 15) is 4.79 Å². The topological polar surface area (TPSA) is 52.2 Å². The smallest absolute Gasteiger partial charge is 0.261 e. The largest absolute Gasteiger partial charge is 0.312 e. The van der Waals surface area contributed by atoms with Crippen LogP contribution in [0.2, 0.25) is 5.02 Å². The summed E-state index contributed by atoms with van der Waals surface area (Å²) in [5.74, 6) is 0. The summed E-state index contributed by atoms with van der Waals surface area (Å²) in [6, 6.07) is 10.1. The monoisotopic (exact) mass is 420 g/mol. The lowest BCUT2D eigenvalue weighted by molar-refractivity contribution is 0.434. The molecule has 5 rings (SSSR count). The Hall–Kier alpha value is -2.66. The summed E-state index contributed by atoms with van der Waals surface area (Å²) in [7, 11) is 0. The molecule has 30 heavy (non-hydrogen) atoms. The maximum absolute atomic E-state index is 13.3. The molecule has 0 amide bonds. The number of halogens is 1. The van der Waals surface area contributed by atoms with E-state index >= 15 is 0 Å². The standard InChI is InChI=1S/C24H25ClN4O/c1-2-20-22(16-9-11-17(25)12-10-16)23-26-15-19-21(29(23)27-20)13-14-28(24(19)30)18-7-5-3-4-6-8-18/h9-15,18H,2-8H2,1H3. The number of pyridine rings is 1. The first-order chi connectivity index (χ1) is 14.7. The number of benzene rings is 1. The second-order valence-electron chi connectivity index (χ2n) is 8.15. The zero-order chi connectivity index (χ0) is 20.7. The van der Waals surface area contributed by atoms with Crippen LogP contribution in [0, 0.1) is 0 Å². The predicted molar refractivity (Wildman–Crippen MR) is 121 cm³/mol. The molecular weight excluding hydrogens is 396 g/mol. The van der Waals surface area contributed by atoms with Crippen LogP contribution >= 0.6 is 11.6 Å². The molecule has 0 aliphatic heterocycles. The van der Waals surface area contributed by atoms with Crippen LogP contribution in [0.4, 0.5) is 0 Å². The van der Waals surface area contributed by atoms with Crippen molar-refractivity contribution in [2.75, 3.05) is 0 Å².